The Morgan fingerprint density at radius 2 is 2.20 bits per heavy atom. The highest BCUT2D eigenvalue weighted by Crippen LogP contribution is 2.33. The van der Waals surface area contributed by atoms with Crippen LogP contribution < -0.4 is 0 Å². The number of rotatable bonds is 2. The molecule has 0 aliphatic carbocycles. The highest BCUT2D eigenvalue weighted by Gasteiger charge is 2.37. The van der Waals surface area contributed by atoms with Crippen molar-refractivity contribution in [2.75, 3.05) is 6.61 Å². The van der Waals surface area contributed by atoms with Crippen LogP contribution in [-0.4, -0.2) is 47.9 Å². The summed E-state index contributed by atoms with van der Waals surface area (Å²) < 4.78 is 22.8. The van der Waals surface area contributed by atoms with Crippen LogP contribution in [0.4, 0.5) is 4.39 Å². The molecule has 7 nitrogen and oxygen atoms in total. The lowest BCUT2D eigenvalue weighted by atomic mass is 10.2. The standard InChI is InChI=1S/C12H12FN5O2/c13-8-3-7(4-19)20-12(8)18-6-15-9-10-14-1-2-17(10)5-16-11(9)18/h1-2,5-8,12,19H,3-4H2/t7-,8-,12+/m0/s1. The van der Waals surface area contributed by atoms with Crippen molar-refractivity contribution in [1.82, 2.24) is 23.9 Å². The van der Waals surface area contributed by atoms with Crippen LogP contribution in [0.1, 0.15) is 12.6 Å². The van der Waals surface area contributed by atoms with E-state index < -0.39 is 18.5 Å². The highest BCUT2D eigenvalue weighted by atomic mass is 19.1. The summed E-state index contributed by atoms with van der Waals surface area (Å²) in [6.45, 7) is -0.193. The number of aliphatic hydroxyl groups excluding tert-OH is 1. The summed E-state index contributed by atoms with van der Waals surface area (Å²) in [5.41, 5.74) is 1.79. The van der Waals surface area contributed by atoms with Crippen LogP contribution in [0, 0.1) is 0 Å². The topological polar surface area (TPSA) is 77.5 Å². The van der Waals surface area contributed by atoms with Crippen molar-refractivity contribution in [1.29, 1.82) is 0 Å². The van der Waals surface area contributed by atoms with E-state index in [1.807, 2.05) is 0 Å². The first kappa shape index (κ1) is 11.7. The Morgan fingerprint density at radius 3 is 3.00 bits per heavy atom. The number of aliphatic hydroxyl groups is 1. The van der Waals surface area contributed by atoms with Crippen LogP contribution in [0.2, 0.25) is 0 Å². The van der Waals surface area contributed by atoms with Gasteiger partial charge in [0.25, 0.3) is 0 Å². The van der Waals surface area contributed by atoms with Gasteiger partial charge in [-0.05, 0) is 0 Å². The van der Waals surface area contributed by atoms with Gasteiger partial charge in [0.1, 0.15) is 12.5 Å². The van der Waals surface area contributed by atoms with Gasteiger partial charge < -0.3 is 9.84 Å². The molecule has 3 atom stereocenters. The van der Waals surface area contributed by atoms with E-state index in [4.69, 9.17) is 9.84 Å². The van der Waals surface area contributed by atoms with Crippen LogP contribution in [0.3, 0.4) is 0 Å². The first-order valence-electron chi connectivity index (χ1n) is 6.32. The number of hydrogen-bond donors (Lipinski definition) is 1. The van der Waals surface area contributed by atoms with Crippen LogP contribution in [0.5, 0.6) is 0 Å². The van der Waals surface area contributed by atoms with Gasteiger partial charge >= 0.3 is 0 Å². The molecule has 0 bridgehead atoms. The fourth-order valence-corrected chi connectivity index (χ4v) is 2.60. The lowest BCUT2D eigenvalue weighted by Gasteiger charge is -2.15. The van der Waals surface area contributed by atoms with Crippen molar-refractivity contribution in [3.8, 4) is 0 Å². The van der Waals surface area contributed by atoms with Crippen LogP contribution >= 0.6 is 0 Å². The summed E-state index contributed by atoms with van der Waals surface area (Å²) in [5.74, 6) is 0. The molecule has 0 spiro atoms. The van der Waals surface area contributed by atoms with Gasteiger partial charge in [0.05, 0.1) is 19.0 Å². The monoisotopic (exact) mass is 277 g/mol. The molecule has 1 fully saturated rings. The van der Waals surface area contributed by atoms with Crippen LogP contribution in [0.15, 0.2) is 25.0 Å². The number of alkyl halides is 1. The third-order valence-electron chi connectivity index (χ3n) is 3.56. The maximum Gasteiger partial charge on any atom is 0.168 e. The Morgan fingerprint density at radius 1 is 1.30 bits per heavy atom. The summed E-state index contributed by atoms with van der Waals surface area (Å²) in [6, 6.07) is 0. The second-order valence-corrected chi connectivity index (χ2v) is 4.81. The Labute approximate surface area is 112 Å². The fraction of sp³-hybridized carbons (Fsp3) is 0.417. The van der Waals surface area contributed by atoms with Gasteiger partial charge in [-0.15, -0.1) is 0 Å². The van der Waals surface area contributed by atoms with Gasteiger partial charge in [-0.2, -0.15) is 0 Å². The molecule has 1 aliphatic rings. The zero-order valence-electron chi connectivity index (χ0n) is 10.4. The van der Waals surface area contributed by atoms with Crippen molar-refractivity contribution in [3.05, 3.63) is 25.0 Å². The van der Waals surface area contributed by atoms with E-state index in [1.165, 1.54) is 6.33 Å². The fourth-order valence-electron chi connectivity index (χ4n) is 2.60. The first-order chi connectivity index (χ1) is 9.78. The molecule has 0 saturated carbocycles. The van der Waals surface area contributed by atoms with Crippen molar-refractivity contribution in [2.45, 2.75) is 24.9 Å². The maximum absolute atomic E-state index is 14.0. The van der Waals surface area contributed by atoms with Crippen molar-refractivity contribution >= 4 is 16.8 Å². The number of halogens is 1. The molecule has 104 valence electrons. The minimum absolute atomic E-state index is 0.173. The van der Waals surface area contributed by atoms with E-state index in [1.54, 1.807) is 27.7 Å². The molecule has 1 aliphatic heterocycles. The number of imidazole rings is 2. The number of hydrogen-bond acceptors (Lipinski definition) is 5. The summed E-state index contributed by atoms with van der Waals surface area (Å²) in [5, 5.41) is 9.08. The van der Waals surface area contributed by atoms with E-state index in [-0.39, 0.29) is 13.0 Å². The molecule has 3 aromatic heterocycles. The number of aromatic nitrogens is 5. The van der Waals surface area contributed by atoms with E-state index in [0.29, 0.717) is 16.8 Å². The molecule has 4 heterocycles. The number of fused-ring (bicyclic) bond motifs is 3. The minimum Gasteiger partial charge on any atom is -0.394 e. The highest BCUT2D eigenvalue weighted by molar-refractivity contribution is 5.85. The van der Waals surface area contributed by atoms with Gasteiger partial charge in [-0.3, -0.25) is 8.97 Å². The largest absolute Gasteiger partial charge is 0.394 e. The van der Waals surface area contributed by atoms with Gasteiger partial charge in [0, 0.05) is 18.8 Å². The zero-order valence-corrected chi connectivity index (χ0v) is 10.4. The predicted molar refractivity (Wildman–Crippen MR) is 66.8 cm³/mol. The first-order valence-corrected chi connectivity index (χ1v) is 6.32. The van der Waals surface area contributed by atoms with Crippen molar-refractivity contribution in [3.63, 3.8) is 0 Å². The van der Waals surface area contributed by atoms with Crippen LogP contribution in [-0.2, 0) is 4.74 Å². The smallest absolute Gasteiger partial charge is 0.168 e. The van der Waals surface area contributed by atoms with E-state index in [2.05, 4.69) is 15.0 Å². The van der Waals surface area contributed by atoms with Gasteiger partial charge in [-0.25, -0.2) is 19.3 Å². The molecule has 8 heteroatoms. The Bertz CT molecular complexity index is 769. The summed E-state index contributed by atoms with van der Waals surface area (Å²) in [4.78, 5) is 12.8. The average molecular weight is 277 g/mol. The predicted octanol–water partition coefficient (Wildman–Crippen LogP) is 0.697. The maximum atomic E-state index is 14.0. The Balaban J connectivity index is 1.84. The lowest BCUT2D eigenvalue weighted by molar-refractivity contribution is -0.0351. The normalized spacial score (nSPS) is 26.8. The third-order valence-corrected chi connectivity index (χ3v) is 3.56. The molecule has 0 amide bonds. The number of nitrogens with zero attached hydrogens (tertiary/aromatic N) is 5. The van der Waals surface area contributed by atoms with Gasteiger partial charge in [0.15, 0.2) is 23.0 Å². The molecular weight excluding hydrogens is 265 g/mol. The molecule has 3 aromatic rings. The van der Waals surface area contributed by atoms with Crippen molar-refractivity contribution < 1.29 is 14.2 Å². The molecule has 4 rings (SSSR count). The third kappa shape index (κ3) is 1.55. The Hall–Kier alpha value is -2.06. The SMILES string of the molecule is OC[C@@H]1C[C@H](F)[C@H](n2cnc3c2ncn2ccnc32)O1. The molecule has 0 radical (unpaired) electrons. The quantitative estimate of drug-likeness (QED) is 0.746. The van der Waals surface area contributed by atoms with Crippen LogP contribution in [0.25, 0.3) is 16.8 Å². The minimum atomic E-state index is -1.19. The average Bonchev–Trinajstić information content (AvgIpc) is 3.13. The molecule has 1 N–H and O–H groups in total. The number of ether oxygens (including phenoxy) is 1. The van der Waals surface area contributed by atoms with E-state index in [0.717, 1.165) is 0 Å². The molecule has 0 aromatic carbocycles. The summed E-state index contributed by atoms with van der Waals surface area (Å²) in [7, 11) is 0. The molecule has 0 unspecified atom stereocenters. The molecular formula is C12H12FN5O2. The molecule has 1 saturated heterocycles. The zero-order chi connectivity index (χ0) is 13.7. The van der Waals surface area contributed by atoms with Gasteiger partial charge in [-0.1, -0.05) is 0 Å². The summed E-state index contributed by atoms with van der Waals surface area (Å²) >= 11 is 0. The van der Waals surface area contributed by atoms with Crippen molar-refractivity contribution in [2.24, 2.45) is 0 Å². The van der Waals surface area contributed by atoms with E-state index >= 15 is 0 Å². The molecule has 20 heavy (non-hydrogen) atoms. The second-order valence-electron chi connectivity index (χ2n) is 4.81. The second kappa shape index (κ2) is 4.22. The van der Waals surface area contributed by atoms with Gasteiger partial charge in [0.2, 0.25) is 0 Å². The summed E-state index contributed by atoms with van der Waals surface area (Å²) in [6.07, 6.45) is 4.23. The van der Waals surface area contributed by atoms with E-state index in [9.17, 15) is 4.39 Å². The Kier molecular flexibility index (Phi) is 2.48. The lowest BCUT2D eigenvalue weighted by Crippen LogP contribution is -2.16.